The van der Waals surface area contributed by atoms with Gasteiger partial charge in [-0.3, -0.25) is 9.59 Å². The standard InChI is InChI=1S/C27H29N3O4/c1-33-17-15-30(27(32)25-12-7-16-34-25)20-26(31)29(19-21-8-3-2-4-9-21)14-13-22-18-28-24-11-6-5-10-23(22)24/h2-12,16,18,28H,13-15,17,19-20H2,1H3. The minimum atomic E-state index is -0.327. The lowest BCUT2D eigenvalue weighted by Crippen LogP contribution is -2.44. The molecule has 0 bridgehead atoms. The predicted molar refractivity (Wildman–Crippen MR) is 130 cm³/mol. The summed E-state index contributed by atoms with van der Waals surface area (Å²) in [5.41, 5.74) is 3.27. The Labute approximate surface area is 198 Å². The number of furan rings is 1. The normalized spacial score (nSPS) is 11.0. The number of amides is 2. The molecule has 0 aliphatic heterocycles. The summed E-state index contributed by atoms with van der Waals surface area (Å²) in [5, 5.41) is 1.16. The van der Waals surface area contributed by atoms with Crippen LogP contribution in [0.25, 0.3) is 10.9 Å². The third-order valence-electron chi connectivity index (χ3n) is 5.81. The van der Waals surface area contributed by atoms with Crippen LogP contribution in [0.5, 0.6) is 0 Å². The maximum Gasteiger partial charge on any atom is 0.290 e. The molecule has 2 amide bonds. The fourth-order valence-electron chi connectivity index (χ4n) is 3.96. The number of H-pyrrole nitrogens is 1. The molecule has 0 saturated heterocycles. The number of benzene rings is 2. The topological polar surface area (TPSA) is 78.8 Å². The van der Waals surface area contributed by atoms with E-state index in [1.165, 1.54) is 11.2 Å². The number of rotatable bonds is 11. The van der Waals surface area contributed by atoms with Gasteiger partial charge in [-0.2, -0.15) is 0 Å². The Morgan fingerprint density at radius 3 is 2.50 bits per heavy atom. The molecular formula is C27H29N3O4. The Bertz CT molecular complexity index is 1200. The van der Waals surface area contributed by atoms with E-state index in [1.54, 1.807) is 19.2 Å². The van der Waals surface area contributed by atoms with Crippen LogP contribution >= 0.6 is 0 Å². The fourth-order valence-corrected chi connectivity index (χ4v) is 3.96. The van der Waals surface area contributed by atoms with Crippen LogP contribution in [0, 0.1) is 0 Å². The highest BCUT2D eigenvalue weighted by Crippen LogP contribution is 2.19. The van der Waals surface area contributed by atoms with Gasteiger partial charge in [0.15, 0.2) is 5.76 Å². The average Bonchev–Trinajstić information content (AvgIpc) is 3.55. The van der Waals surface area contributed by atoms with Gasteiger partial charge >= 0.3 is 0 Å². The van der Waals surface area contributed by atoms with Crippen LogP contribution in [0.15, 0.2) is 83.6 Å². The maximum absolute atomic E-state index is 13.5. The van der Waals surface area contributed by atoms with Crippen molar-refractivity contribution < 1.29 is 18.7 Å². The van der Waals surface area contributed by atoms with Crippen molar-refractivity contribution in [2.45, 2.75) is 13.0 Å². The predicted octanol–water partition coefficient (Wildman–Crippen LogP) is 4.12. The summed E-state index contributed by atoms with van der Waals surface area (Å²) in [5.74, 6) is -0.247. The Hall–Kier alpha value is -3.84. The minimum absolute atomic E-state index is 0.0520. The molecule has 4 aromatic rings. The number of carbonyl (C=O) groups excluding carboxylic acids is 2. The molecule has 1 N–H and O–H groups in total. The van der Waals surface area contributed by atoms with E-state index in [4.69, 9.17) is 9.15 Å². The number of methoxy groups -OCH3 is 1. The number of ether oxygens (including phenoxy) is 1. The first-order valence-electron chi connectivity index (χ1n) is 11.3. The Morgan fingerprint density at radius 2 is 1.74 bits per heavy atom. The Balaban J connectivity index is 1.51. The number of aromatic amines is 1. The largest absolute Gasteiger partial charge is 0.459 e. The number of nitrogens with one attached hydrogen (secondary N) is 1. The molecule has 0 radical (unpaired) electrons. The molecular weight excluding hydrogens is 430 g/mol. The van der Waals surface area contributed by atoms with Gasteiger partial charge < -0.3 is 23.9 Å². The highest BCUT2D eigenvalue weighted by molar-refractivity contribution is 5.94. The molecule has 176 valence electrons. The molecule has 2 aromatic carbocycles. The number of fused-ring (bicyclic) bond motifs is 1. The van der Waals surface area contributed by atoms with Crippen LogP contribution in [0.2, 0.25) is 0 Å². The van der Waals surface area contributed by atoms with E-state index < -0.39 is 0 Å². The van der Waals surface area contributed by atoms with E-state index >= 15 is 0 Å². The first kappa shape index (κ1) is 23.3. The van der Waals surface area contributed by atoms with Gasteiger partial charge in [-0.1, -0.05) is 48.5 Å². The first-order chi connectivity index (χ1) is 16.7. The maximum atomic E-state index is 13.5. The van der Waals surface area contributed by atoms with Gasteiger partial charge in [-0.15, -0.1) is 0 Å². The van der Waals surface area contributed by atoms with E-state index in [1.807, 2.05) is 59.6 Å². The van der Waals surface area contributed by atoms with Crippen LogP contribution in [0.1, 0.15) is 21.7 Å². The summed E-state index contributed by atoms with van der Waals surface area (Å²) in [6.45, 7) is 1.57. The Morgan fingerprint density at radius 1 is 0.941 bits per heavy atom. The van der Waals surface area contributed by atoms with E-state index in [-0.39, 0.29) is 24.1 Å². The lowest BCUT2D eigenvalue weighted by Gasteiger charge is -2.27. The number of carbonyl (C=O) groups is 2. The molecule has 0 spiro atoms. The lowest BCUT2D eigenvalue weighted by atomic mass is 10.1. The number of hydrogen-bond donors (Lipinski definition) is 1. The summed E-state index contributed by atoms with van der Waals surface area (Å²) < 4.78 is 10.4. The molecule has 0 aliphatic rings. The van der Waals surface area contributed by atoms with Crippen LogP contribution in [0.4, 0.5) is 0 Å². The monoisotopic (exact) mass is 459 g/mol. The zero-order valence-electron chi connectivity index (χ0n) is 19.3. The number of aromatic nitrogens is 1. The van der Waals surface area contributed by atoms with Crippen molar-refractivity contribution in [2.75, 3.05) is 33.4 Å². The second-order valence-electron chi connectivity index (χ2n) is 8.11. The highest BCUT2D eigenvalue weighted by Gasteiger charge is 2.24. The van der Waals surface area contributed by atoms with Gasteiger partial charge in [0, 0.05) is 43.8 Å². The zero-order valence-corrected chi connectivity index (χ0v) is 19.3. The molecule has 7 nitrogen and oxygen atoms in total. The van der Waals surface area contributed by atoms with E-state index in [2.05, 4.69) is 11.1 Å². The molecule has 7 heteroatoms. The van der Waals surface area contributed by atoms with Crippen molar-refractivity contribution >= 4 is 22.7 Å². The van der Waals surface area contributed by atoms with Gasteiger partial charge in [0.1, 0.15) is 6.54 Å². The van der Waals surface area contributed by atoms with Crippen LogP contribution in [0.3, 0.4) is 0 Å². The van der Waals surface area contributed by atoms with Gasteiger partial charge in [0.2, 0.25) is 5.91 Å². The fraction of sp³-hybridized carbons (Fsp3) is 0.259. The third kappa shape index (κ3) is 5.74. The van der Waals surface area contributed by atoms with Crippen molar-refractivity contribution in [3.8, 4) is 0 Å². The van der Waals surface area contributed by atoms with Gasteiger partial charge in [0.25, 0.3) is 5.91 Å². The molecule has 0 fully saturated rings. The second kappa shape index (κ2) is 11.3. The summed E-state index contributed by atoms with van der Waals surface area (Å²) >= 11 is 0. The quantitative estimate of drug-likeness (QED) is 0.366. The molecule has 0 saturated carbocycles. The van der Waals surface area contributed by atoms with Crippen LogP contribution < -0.4 is 0 Å². The van der Waals surface area contributed by atoms with Crippen molar-refractivity contribution in [3.05, 3.63) is 96.1 Å². The van der Waals surface area contributed by atoms with Gasteiger partial charge in [0.05, 0.1) is 12.9 Å². The highest BCUT2D eigenvalue weighted by atomic mass is 16.5. The van der Waals surface area contributed by atoms with Gasteiger partial charge in [-0.05, 0) is 35.7 Å². The van der Waals surface area contributed by atoms with Crippen molar-refractivity contribution in [1.29, 1.82) is 0 Å². The summed E-state index contributed by atoms with van der Waals surface area (Å²) in [7, 11) is 1.57. The Kier molecular flexibility index (Phi) is 7.78. The van der Waals surface area contributed by atoms with Crippen molar-refractivity contribution in [3.63, 3.8) is 0 Å². The van der Waals surface area contributed by atoms with Crippen molar-refractivity contribution in [2.24, 2.45) is 0 Å². The smallest absolute Gasteiger partial charge is 0.290 e. The molecule has 34 heavy (non-hydrogen) atoms. The summed E-state index contributed by atoms with van der Waals surface area (Å²) in [4.78, 5) is 33.0. The van der Waals surface area contributed by atoms with Crippen LogP contribution in [-0.4, -0.2) is 59.9 Å². The summed E-state index contributed by atoms with van der Waals surface area (Å²) in [6.07, 6.45) is 4.15. The molecule has 0 aliphatic carbocycles. The number of hydrogen-bond acceptors (Lipinski definition) is 4. The molecule has 2 aromatic heterocycles. The third-order valence-corrected chi connectivity index (χ3v) is 5.81. The van der Waals surface area contributed by atoms with Crippen LogP contribution in [-0.2, 0) is 22.5 Å². The minimum Gasteiger partial charge on any atom is -0.459 e. The van der Waals surface area contributed by atoms with E-state index in [0.717, 1.165) is 22.0 Å². The lowest BCUT2D eigenvalue weighted by molar-refractivity contribution is -0.132. The first-order valence-corrected chi connectivity index (χ1v) is 11.3. The summed E-state index contributed by atoms with van der Waals surface area (Å²) in [6, 6.07) is 21.3. The second-order valence-corrected chi connectivity index (χ2v) is 8.11. The number of nitrogens with zero attached hydrogens (tertiary/aromatic N) is 2. The number of para-hydroxylation sites is 1. The van der Waals surface area contributed by atoms with Crippen molar-refractivity contribution in [1.82, 2.24) is 14.8 Å². The SMILES string of the molecule is COCCN(CC(=O)N(CCc1c[nH]c2ccccc12)Cc1ccccc1)C(=O)c1ccco1. The molecule has 0 atom stereocenters. The van der Waals surface area contributed by atoms with E-state index in [9.17, 15) is 9.59 Å². The molecule has 4 rings (SSSR count). The van der Waals surface area contributed by atoms with Gasteiger partial charge in [-0.25, -0.2) is 0 Å². The average molecular weight is 460 g/mol. The molecule has 0 unspecified atom stereocenters. The molecule has 2 heterocycles. The zero-order chi connectivity index (χ0) is 23.8. The van der Waals surface area contributed by atoms with E-state index in [0.29, 0.717) is 32.7 Å².